The van der Waals surface area contributed by atoms with E-state index in [-0.39, 0.29) is 0 Å². The molecular weight excluding hydrogens is 611 g/mol. The monoisotopic (exact) mass is 625 g/mol. The molecule has 4 aromatic heterocycles. The van der Waals surface area contributed by atoms with E-state index < -0.39 is 0 Å². The Morgan fingerprint density at radius 1 is 0.590 bits per heavy atom. The topological polar surface area (TPSA) is 4.93 Å². The standard InChI is InChI=1S/C31H15NS7/c1-32-22-12-14(10-20-25(33)16-6-2-3-7-17(16)26(20)34)37-29(22)31-24(32)30-23(39-31)13-15(38-30)11-21-27(35)18-8-4-5-9-19(18)28(21)36/h2-13H,1H3. The smallest absolute Gasteiger partial charge is 0.0788 e. The Kier molecular flexibility index (Phi) is 5.42. The van der Waals surface area contributed by atoms with Crippen LogP contribution in [0.1, 0.15) is 32.0 Å². The second-order valence-corrected chi connectivity index (χ2v) is 14.4. The quantitative estimate of drug-likeness (QED) is 0.139. The van der Waals surface area contributed by atoms with E-state index in [4.69, 9.17) is 48.9 Å². The summed E-state index contributed by atoms with van der Waals surface area (Å²) in [6, 6.07) is 20.9. The van der Waals surface area contributed by atoms with Gasteiger partial charge in [0, 0.05) is 54.9 Å². The average Bonchev–Trinajstić information content (AvgIpc) is 3.75. The zero-order valence-electron chi connectivity index (χ0n) is 20.2. The number of thiocarbonyl (C=S) groups is 4. The Balaban J connectivity index is 1.20. The first-order valence-electron chi connectivity index (χ1n) is 12.1. The van der Waals surface area contributed by atoms with Crippen LogP contribution in [0.2, 0.25) is 0 Å². The maximum absolute atomic E-state index is 5.79. The third-order valence-electron chi connectivity index (χ3n) is 7.38. The summed E-state index contributed by atoms with van der Waals surface area (Å²) in [7, 11) is 2.16. The van der Waals surface area contributed by atoms with E-state index in [1.807, 2.05) is 58.3 Å². The number of rotatable bonds is 2. The highest BCUT2D eigenvalue weighted by Gasteiger charge is 2.28. The van der Waals surface area contributed by atoms with E-state index in [1.54, 1.807) is 0 Å². The van der Waals surface area contributed by atoms with Crippen LogP contribution in [0.3, 0.4) is 0 Å². The van der Waals surface area contributed by atoms with Crippen LogP contribution in [-0.2, 0) is 7.05 Å². The van der Waals surface area contributed by atoms with Crippen LogP contribution in [0, 0.1) is 0 Å². The number of aromatic nitrogens is 1. The summed E-state index contributed by atoms with van der Waals surface area (Å²) >= 11 is 28.6. The summed E-state index contributed by atoms with van der Waals surface area (Å²) in [5.41, 5.74) is 8.79. The first kappa shape index (κ1) is 24.3. The van der Waals surface area contributed by atoms with Gasteiger partial charge in [0.15, 0.2) is 0 Å². The van der Waals surface area contributed by atoms with Crippen molar-refractivity contribution in [1.29, 1.82) is 0 Å². The van der Waals surface area contributed by atoms with Gasteiger partial charge in [-0.3, -0.25) is 0 Å². The lowest BCUT2D eigenvalue weighted by molar-refractivity contribution is 1.02. The van der Waals surface area contributed by atoms with Crippen molar-refractivity contribution < 1.29 is 0 Å². The lowest BCUT2D eigenvalue weighted by atomic mass is 10.1. The average molecular weight is 626 g/mol. The number of fused-ring (bicyclic) bond motifs is 7. The van der Waals surface area contributed by atoms with Crippen LogP contribution in [0.25, 0.3) is 42.0 Å². The maximum Gasteiger partial charge on any atom is 0.0788 e. The van der Waals surface area contributed by atoms with E-state index in [1.165, 1.54) is 39.6 Å². The van der Waals surface area contributed by atoms with Crippen molar-refractivity contribution in [3.05, 3.63) is 104 Å². The number of hydrogen-bond acceptors (Lipinski definition) is 7. The molecule has 2 aliphatic rings. The Hall–Kier alpha value is -2.56. The van der Waals surface area contributed by atoms with Crippen molar-refractivity contribution in [2.75, 3.05) is 0 Å². The van der Waals surface area contributed by atoms with Gasteiger partial charge in [-0.05, 0) is 24.3 Å². The maximum atomic E-state index is 5.79. The predicted octanol–water partition coefficient (Wildman–Crippen LogP) is 9.74. The lowest BCUT2D eigenvalue weighted by Crippen LogP contribution is -1.97. The van der Waals surface area contributed by atoms with Crippen molar-refractivity contribution in [2.24, 2.45) is 7.05 Å². The highest BCUT2D eigenvalue weighted by atomic mass is 32.1. The summed E-state index contributed by atoms with van der Waals surface area (Å²) in [5, 5.41) is 0. The first-order valence-corrected chi connectivity index (χ1v) is 16.2. The van der Waals surface area contributed by atoms with E-state index >= 15 is 0 Å². The molecule has 39 heavy (non-hydrogen) atoms. The molecule has 186 valence electrons. The van der Waals surface area contributed by atoms with Crippen molar-refractivity contribution in [1.82, 2.24) is 4.57 Å². The fraction of sp³-hybridized carbons (Fsp3) is 0.0323. The molecule has 8 heteroatoms. The molecule has 0 saturated heterocycles. The lowest BCUT2D eigenvalue weighted by Gasteiger charge is -1.98. The van der Waals surface area contributed by atoms with Crippen LogP contribution in [0.15, 0.2) is 71.8 Å². The Bertz CT molecular complexity index is 2130. The van der Waals surface area contributed by atoms with Gasteiger partial charge in [0.1, 0.15) is 0 Å². The molecule has 0 radical (unpaired) electrons. The van der Waals surface area contributed by atoms with Gasteiger partial charge in [-0.1, -0.05) is 97.4 Å². The molecule has 6 aromatic rings. The third kappa shape index (κ3) is 3.43. The second kappa shape index (κ2) is 8.72. The van der Waals surface area contributed by atoms with E-state index in [0.29, 0.717) is 0 Å². The summed E-state index contributed by atoms with van der Waals surface area (Å²) < 4.78 is 7.59. The van der Waals surface area contributed by atoms with Gasteiger partial charge in [0.25, 0.3) is 0 Å². The molecule has 0 N–H and O–H groups in total. The van der Waals surface area contributed by atoms with Crippen LogP contribution >= 0.6 is 82.9 Å². The van der Waals surface area contributed by atoms with Gasteiger partial charge < -0.3 is 4.57 Å². The molecule has 0 saturated carbocycles. The van der Waals surface area contributed by atoms with Crippen molar-refractivity contribution in [2.45, 2.75) is 0 Å². The van der Waals surface area contributed by atoms with Gasteiger partial charge in [-0.15, -0.1) is 34.0 Å². The minimum atomic E-state index is 0.848. The van der Waals surface area contributed by atoms with Gasteiger partial charge in [0.05, 0.1) is 44.6 Å². The zero-order chi connectivity index (χ0) is 26.6. The summed E-state index contributed by atoms with van der Waals surface area (Å²) in [6.45, 7) is 0. The minimum absolute atomic E-state index is 0.848. The highest BCUT2D eigenvalue weighted by molar-refractivity contribution is 7.84. The molecule has 4 heterocycles. The largest absolute Gasteiger partial charge is 0.341 e. The normalized spacial score (nSPS) is 14.9. The second-order valence-electron chi connectivity index (χ2n) is 9.57. The number of allylic oxidation sites excluding steroid dienone is 2. The molecule has 0 fully saturated rings. The number of aryl methyl sites for hydroxylation is 1. The third-order valence-corrected chi connectivity index (χ3v) is 12.7. The molecular formula is C31H15NS7. The van der Waals surface area contributed by atoms with E-state index in [9.17, 15) is 0 Å². The minimum Gasteiger partial charge on any atom is -0.341 e. The molecule has 0 bridgehead atoms. The fourth-order valence-corrected chi connectivity index (χ4v) is 10.9. The summed E-state index contributed by atoms with van der Waals surface area (Å²) in [5.74, 6) is 0. The number of thiophene rings is 3. The number of nitrogens with zero attached hydrogens (tertiary/aromatic N) is 1. The van der Waals surface area contributed by atoms with Crippen LogP contribution in [-0.4, -0.2) is 24.0 Å². The van der Waals surface area contributed by atoms with Gasteiger partial charge in [0.2, 0.25) is 0 Å². The van der Waals surface area contributed by atoms with E-state index in [2.05, 4.69) is 60.2 Å². The van der Waals surface area contributed by atoms with Gasteiger partial charge >= 0.3 is 0 Å². The molecule has 0 spiro atoms. The zero-order valence-corrected chi connectivity index (χ0v) is 25.9. The molecule has 2 aliphatic carbocycles. The number of benzene rings is 2. The Morgan fingerprint density at radius 2 is 1.05 bits per heavy atom. The van der Waals surface area contributed by atoms with Crippen LogP contribution < -0.4 is 0 Å². The van der Waals surface area contributed by atoms with E-state index in [0.717, 1.165) is 52.9 Å². The number of hydrogen-bond donors (Lipinski definition) is 0. The molecule has 8 rings (SSSR count). The molecule has 2 aromatic carbocycles. The predicted molar refractivity (Wildman–Crippen MR) is 187 cm³/mol. The highest BCUT2D eigenvalue weighted by Crippen LogP contribution is 2.47. The summed E-state index contributed by atoms with van der Waals surface area (Å²) in [6.07, 6.45) is 4.35. The Labute approximate surface area is 257 Å². The Morgan fingerprint density at radius 3 is 1.56 bits per heavy atom. The van der Waals surface area contributed by atoms with Crippen molar-refractivity contribution in [3.63, 3.8) is 0 Å². The molecule has 0 unspecified atom stereocenters. The van der Waals surface area contributed by atoms with Crippen LogP contribution in [0.4, 0.5) is 0 Å². The fourth-order valence-electron chi connectivity index (χ4n) is 5.52. The molecule has 0 amide bonds. The molecule has 1 nitrogen and oxygen atoms in total. The SMILES string of the molecule is Cn1c2cc(C=C3C(=S)c4ccccc4C3=S)sc2c2sc3cc(C=C4C(=S)c5ccccc5C4=S)sc3c21. The van der Waals surface area contributed by atoms with Gasteiger partial charge in [-0.2, -0.15) is 0 Å². The molecule has 0 aliphatic heterocycles. The molecule has 0 atom stereocenters. The first-order chi connectivity index (χ1) is 18.9. The summed E-state index contributed by atoms with van der Waals surface area (Å²) in [4.78, 5) is 5.76. The van der Waals surface area contributed by atoms with Crippen LogP contribution in [0.5, 0.6) is 0 Å². The van der Waals surface area contributed by atoms with Gasteiger partial charge in [-0.25, -0.2) is 0 Å². The van der Waals surface area contributed by atoms with Crippen molar-refractivity contribution in [3.8, 4) is 0 Å². The van der Waals surface area contributed by atoms with Crippen molar-refractivity contribution >= 4 is 144 Å².